The summed E-state index contributed by atoms with van der Waals surface area (Å²) in [4.78, 5) is 13.1. The van der Waals surface area contributed by atoms with E-state index < -0.39 is 0 Å². The number of carbonyl (C=O) groups excluding carboxylic acids is 1. The number of nitrogens with zero attached hydrogens (tertiary/aromatic N) is 1. The zero-order valence-electron chi connectivity index (χ0n) is 10.00. The van der Waals surface area contributed by atoms with Crippen LogP contribution in [0.4, 0.5) is 0 Å². The van der Waals surface area contributed by atoms with Gasteiger partial charge in [0.1, 0.15) is 0 Å². The van der Waals surface area contributed by atoms with Gasteiger partial charge in [-0.1, -0.05) is 0 Å². The first-order valence-corrected chi connectivity index (χ1v) is 4.90. The molecule has 0 aliphatic carbocycles. The van der Waals surface area contributed by atoms with Gasteiger partial charge in [-0.3, -0.25) is 4.79 Å². The van der Waals surface area contributed by atoms with Crippen LogP contribution in [0.1, 0.15) is 20.8 Å². The van der Waals surface area contributed by atoms with Crippen molar-refractivity contribution >= 4 is 5.91 Å². The molecule has 4 heteroatoms. The minimum atomic E-state index is -0.169. The van der Waals surface area contributed by atoms with E-state index >= 15 is 0 Å². The lowest BCUT2D eigenvalue weighted by atomic mass is 10.1. The van der Waals surface area contributed by atoms with Gasteiger partial charge in [-0.2, -0.15) is 0 Å². The molecule has 0 heterocycles. The van der Waals surface area contributed by atoms with Crippen molar-refractivity contribution in [1.29, 1.82) is 0 Å². The number of nitrogens with one attached hydrogen (secondary N) is 1. The van der Waals surface area contributed by atoms with Crippen molar-refractivity contribution in [2.24, 2.45) is 0 Å². The minimum absolute atomic E-state index is 0.0835. The second-order valence-corrected chi connectivity index (χ2v) is 3.85. The van der Waals surface area contributed by atoms with Crippen molar-refractivity contribution < 1.29 is 9.53 Å². The third-order valence-electron chi connectivity index (χ3n) is 2.40. The molecule has 0 fully saturated rings. The summed E-state index contributed by atoms with van der Waals surface area (Å²) in [7, 11) is 5.18. The van der Waals surface area contributed by atoms with Crippen LogP contribution >= 0.6 is 0 Å². The van der Waals surface area contributed by atoms with Gasteiger partial charge in [0.2, 0.25) is 5.91 Å². The molecule has 0 aromatic rings. The molecule has 1 amide bonds. The lowest BCUT2D eigenvalue weighted by Gasteiger charge is -2.25. The average molecular weight is 202 g/mol. The molecule has 0 aromatic heterocycles. The number of amides is 1. The van der Waals surface area contributed by atoms with Crippen molar-refractivity contribution in [3.8, 4) is 0 Å². The summed E-state index contributed by atoms with van der Waals surface area (Å²) in [6.45, 7) is 5.85. The van der Waals surface area contributed by atoms with E-state index in [4.69, 9.17) is 4.74 Å². The third-order valence-corrected chi connectivity index (χ3v) is 2.40. The maximum atomic E-state index is 11.5. The highest BCUT2D eigenvalue weighted by Crippen LogP contribution is 1.99. The molecule has 0 saturated carbocycles. The largest absolute Gasteiger partial charge is 0.380 e. The molecule has 3 atom stereocenters. The highest BCUT2D eigenvalue weighted by molar-refractivity contribution is 5.80. The Hall–Kier alpha value is -0.610. The summed E-state index contributed by atoms with van der Waals surface area (Å²) in [5.74, 6) is 0.0835. The van der Waals surface area contributed by atoms with Crippen LogP contribution in [0.3, 0.4) is 0 Å². The predicted octanol–water partition coefficient (Wildman–Crippen LogP) is 0.476. The standard InChI is InChI=1S/C10H22N2O2/c1-7(9(3)14-6)11-8(2)10(13)12(4)5/h7-9,11H,1-6H3/t7?,8-,9?/m1/s1. The number of carbonyl (C=O) groups is 1. The normalized spacial score (nSPS) is 17.3. The fourth-order valence-corrected chi connectivity index (χ4v) is 1.19. The van der Waals surface area contributed by atoms with E-state index in [0.29, 0.717) is 0 Å². The fraction of sp³-hybridized carbons (Fsp3) is 0.900. The first-order valence-electron chi connectivity index (χ1n) is 4.90. The maximum absolute atomic E-state index is 11.5. The van der Waals surface area contributed by atoms with Crippen LogP contribution in [-0.2, 0) is 9.53 Å². The molecular weight excluding hydrogens is 180 g/mol. The zero-order chi connectivity index (χ0) is 11.3. The van der Waals surface area contributed by atoms with E-state index in [1.54, 1.807) is 26.1 Å². The molecule has 0 saturated heterocycles. The minimum Gasteiger partial charge on any atom is -0.380 e. The first kappa shape index (κ1) is 13.4. The lowest BCUT2D eigenvalue weighted by Crippen LogP contribution is -2.48. The predicted molar refractivity (Wildman–Crippen MR) is 57.2 cm³/mol. The van der Waals surface area contributed by atoms with Crippen LogP contribution in [0.2, 0.25) is 0 Å². The van der Waals surface area contributed by atoms with Crippen LogP contribution in [0, 0.1) is 0 Å². The van der Waals surface area contributed by atoms with Crippen LogP contribution in [-0.4, -0.2) is 50.2 Å². The SMILES string of the molecule is COC(C)C(C)N[C@H](C)C(=O)N(C)C. The molecule has 4 nitrogen and oxygen atoms in total. The number of hydrogen-bond acceptors (Lipinski definition) is 3. The third kappa shape index (κ3) is 4.07. The Morgan fingerprint density at radius 1 is 1.29 bits per heavy atom. The number of hydrogen-bond donors (Lipinski definition) is 1. The number of methoxy groups -OCH3 is 1. The number of likely N-dealkylation sites (N-methyl/N-ethyl adjacent to an activating group) is 1. The molecule has 0 aromatic carbocycles. The summed E-state index contributed by atoms with van der Waals surface area (Å²) in [6.07, 6.45) is 0.104. The zero-order valence-corrected chi connectivity index (χ0v) is 10.00. The lowest BCUT2D eigenvalue weighted by molar-refractivity contribution is -0.130. The number of ether oxygens (including phenoxy) is 1. The van der Waals surface area contributed by atoms with E-state index in [1.165, 1.54) is 0 Å². The maximum Gasteiger partial charge on any atom is 0.238 e. The second-order valence-electron chi connectivity index (χ2n) is 3.85. The van der Waals surface area contributed by atoms with Gasteiger partial charge in [0.25, 0.3) is 0 Å². The average Bonchev–Trinajstić information content (AvgIpc) is 2.14. The fourth-order valence-electron chi connectivity index (χ4n) is 1.19. The molecule has 0 rings (SSSR count). The molecule has 0 radical (unpaired) electrons. The van der Waals surface area contributed by atoms with E-state index in [0.717, 1.165) is 0 Å². The summed E-state index contributed by atoms with van der Waals surface area (Å²) < 4.78 is 5.17. The molecule has 2 unspecified atom stereocenters. The molecule has 0 aliphatic rings. The van der Waals surface area contributed by atoms with Crippen molar-refractivity contribution in [3.05, 3.63) is 0 Å². The summed E-state index contributed by atoms with van der Waals surface area (Å²) in [5.41, 5.74) is 0. The van der Waals surface area contributed by atoms with Crippen molar-refractivity contribution in [2.45, 2.75) is 39.0 Å². The summed E-state index contributed by atoms with van der Waals surface area (Å²) in [5, 5.41) is 3.20. The Kier molecular flexibility index (Phi) is 5.72. The Morgan fingerprint density at radius 2 is 1.79 bits per heavy atom. The van der Waals surface area contributed by atoms with E-state index in [-0.39, 0.29) is 24.1 Å². The van der Waals surface area contributed by atoms with Crippen LogP contribution in [0.15, 0.2) is 0 Å². The quantitative estimate of drug-likeness (QED) is 0.705. The molecule has 0 spiro atoms. The number of rotatable bonds is 5. The van der Waals surface area contributed by atoms with Gasteiger partial charge in [-0.05, 0) is 20.8 Å². The molecule has 0 aliphatic heterocycles. The van der Waals surface area contributed by atoms with Gasteiger partial charge >= 0.3 is 0 Å². The summed E-state index contributed by atoms with van der Waals surface area (Å²) >= 11 is 0. The van der Waals surface area contributed by atoms with Gasteiger partial charge in [-0.25, -0.2) is 0 Å². The van der Waals surface area contributed by atoms with Crippen LogP contribution < -0.4 is 5.32 Å². The van der Waals surface area contributed by atoms with Crippen molar-refractivity contribution in [1.82, 2.24) is 10.2 Å². The molecule has 1 N–H and O–H groups in total. The highest BCUT2D eigenvalue weighted by Gasteiger charge is 2.19. The van der Waals surface area contributed by atoms with E-state index in [9.17, 15) is 4.79 Å². The van der Waals surface area contributed by atoms with Crippen LogP contribution in [0.5, 0.6) is 0 Å². The summed E-state index contributed by atoms with van der Waals surface area (Å²) in [6, 6.07) is -0.00324. The Balaban J connectivity index is 4.05. The molecule has 84 valence electrons. The molecular formula is C10H22N2O2. The van der Waals surface area contributed by atoms with E-state index in [1.807, 2.05) is 20.8 Å². The molecule has 0 bridgehead atoms. The topological polar surface area (TPSA) is 41.6 Å². The van der Waals surface area contributed by atoms with Crippen molar-refractivity contribution in [2.75, 3.05) is 21.2 Å². The van der Waals surface area contributed by atoms with Gasteiger partial charge in [-0.15, -0.1) is 0 Å². The molecule has 14 heavy (non-hydrogen) atoms. The second kappa shape index (κ2) is 5.98. The van der Waals surface area contributed by atoms with Gasteiger partial charge < -0.3 is 15.0 Å². The highest BCUT2D eigenvalue weighted by atomic mass is 16.5. The Labute approximate surface area is 86.6 Å². The smallest absolute Gasteiger partial charge is 0.238 e. The van der Waals surface area contributed by atoms with Crippen LogP contribution in [0.25, 0.3) is 0 Å². The van der Waals surface area contributed by atoms with Gasteiger partial charge in [0.05, 0.1) is 12.1 Å². The Morgan fingerprint density at radius 3 is 2.14 bits per heavy atom. The van der Waals surface area contributed by atoms with Gasteiger partial charge in [0, 0.05) is 27.2 Å². The van der Waals surface area contributed by atoms with E-state index in [2.05, 4.69) is 5.32 Å². The van der Waals surface area contributed by atoms with Gasteiger partial charge in [0.15, 0.2) is 0 Å². The first-order chi connectivity index (χ1) is 6.40. The van der Waals surface area contributed by atoms with Crippen molar-refractivity contribution in [3.63, 3.8) is 0 Å². The monoisotopic (exact) mass is 202 g/mol. The Bertz CT molecular complexity index is 183.